The molecule has 1 amide bonds. The quantitative estimate of drug-likeness (QED) is 0.662. The molecule has 6 nitrogen and oxygen atoms in total. The first-order valence-corrected chi connectivity index (χ1v) is 10.8. The number of rotatable bonds is 5. The topological polar surface area (TPSA) is 71.8 Å². The molecular weight excluding hydrogens is 382 g/mol. The van der Waals surface area contributed by atoms with Crippen LogP contribution in [0.2, 0.25) is 0 Å². The third-order valence-electron chi connectivity index (χ3n) is 5.03. The van der Waals surface area contributed by atoms with Crippen LogP contribution in [-0.2, 0) is 11.2 Å². The van der Waals surface area contributed by atoms with Crippen LogP contribution >= 0.6 is 11.8 Å². The molecule has 0 aliphatic carbocycles. The van der Waals surface area contributed by atoms with Gasteiger partial charge in [-0.15, -0.1) is 10.2 Å². The van der Waals surface area contributed by atoms with Gasteiger partial charge in [-0.2, -0.15) is 0 Å². The Morgan fingerprint density at radius 3 is 2.69 bits per heavy atom. The Hall–Kier alpha value is -2.80. The van der Waals surface area contributed by atoms with Crippen molar-refractivity contribution in [1.29, 1.82) is 0 Å². The minimum Gasteiger partial charge on any atom is -0.325 e. The summed E-state index contributed by atoms with van der Waals surface area (Å²) in [5, 5.41) is 12.1. The minimum absolute atomic E-state index is 0.0467. The van der Waals surface area contributed by atoms with Crippen LogP contribution in [-0.4, -0.2) is 26.0 Å². The molecule has 29 heavy (non-hydrogen) atoms. The van der Waals surface area contributed by atoms with Crippen molar-refractivity contribution in [2.75, 3.05) is 10.7 Å². The zero-order valence-corrected chi connectivity index (χ0v) is 17.7. The van der Waals surface area contributed by atoms with E-state index in [9.17, 15) is 4.79 Å². The van der Waals surface area contributed by atoms with Crippen molar-refractivity contribution in [3.63, 3.8) is 0 Å². The van der Waals surface area contributed by atoms with Gasteiger partial charge in [-0.05, 0) is 37.5 Å². The fourth-order valence-electron chi connectivity index (χ4n) is 3.55. The lowest BCUT2D eigenvalue weighted by atomic mass is 10.0. The number of thioether (sulfide) groups is 1. The highest BCUT2D eigenvalue weighted by molar-refractivity contribution is 8.00. The van der Waals surface area contributed by atoms with Crippen LogP contribution in [0.15, 0.2) is 53.7 Å². The van der Waals surface area contributed by atoms with Crippen molar-refractivity contribution in [3.05, 3.63) is 71.0 Å². The third kappa shape index (κ3) is 4.00. The van der Waals surface area contributed by atoms with Gasteiger partial charge in [-0.25, -0.2) is 4.68 Å². The highest BCUT2D eigenvalue weighted by Gasteiger charge is 2.37. The zero-order valence-electron chi connectivity index (χ0n) is 16.8. The van der Waals surface area contributed by atoms with Crippen molar-refractivity contribution >= 4 is 23.4 Å². The second-order valence-electron chi connectivity index (χ2n) is 7.35. The fourth-order valence-corrected chi connectivity index (χ4v) is 4.65. The average molecular weight is 408 g/mol. The fraction of sp³-hybridized carbons (Fsp3) is 0.318. The maximum absolute atomic E-state index is 13.3. The van der Waals surface area contributed by atoms with Crippen LogP contribution < -0.4 is 10.7 Å². The van der Waals surface area contributed by atoms with Crippen LogP contribution in [0.1, 0.15) is 41.9 Å². The Kier molecular flexibility index (Phi) is 5.58. The van der Waals surface area contributed by atoms with Crippen molar-refractivity contribution in [3.8, 4) is 0 Å². The number of anilines is 1. The Labute approximate surface area is 175 Å². The van der Waals surface area contributed by atoms with Gasteiger partial charge in [0, 0.05) is 12.1 Å². The maximum atomic E-state index is 13.3. The second kappa shape index (κ2) is 8.29. The number of nitrogens with one attached hydrogen (secondary N) is 2. The third-order valence-corrected chi connectivity index (χ3v) is 6.25. The van der Waals surface area contributed by atoms with Gasteiger partial charge in [0.1, 0.15) is 5.25 Å². The summed E-state index contributed by atoms with van der Waals surface area (Å²) in [4.78, 5) is 13.3. The predicted molar refractivity (Wildman–Crippen MR) is 117 cm³/mol. The van der Waals surface area contributed by atoms with Gasteiger partial charge in [-0.3, -0.25) is 4.79 Å². The van der Waals surface area contributed by atoms with Gasteiger partial charge in [0.2, 0.25) is 11.1 Å². The number of amides is 1. The number of benzene rings is 2. The Bertz CT molecular complexity index is 1020. The molecule has 150 valence electrons. The summed E-state index contributed by atoms with van der Waals surface area (Å²) in [5.41, 5.74) is 7.62. The molecule has 0 spiro atoms. The molecule has 0 fully saturated rings. The molecule has 1 aliphatic heterocycles. The van der Waals surface area contributed by atoms with Crippen LogP contribution in [0.5, 0.6) is 0 Å². The van der Waals surface area contributed by atoms with E-state index in [1.807, 2.05) is 61.0 Å². The summed E-state index contributed by atoms with van der Waals surface area (Å²) in [6.07, 6.45) is 1.82. The molecule has 1 aliphatic rings. The minimum atomic E-state index is -0.371. The highest BCUT2D eigenvalue weighted by Crippen LogP contribution is 2.37. The Morgan fingerprint density at radius 2 is 1.97 bits per heavy atom. The summed E-state index contributed by atoms with van der Waals surface area (Å²) in [6, 6.07) is 15.9. The van der Waals surface area contributed by atoms with Gasteiger partial charge >= 0.3 is 0 Å². The lowest BCUT2D eigenvalue weighted by Gasteiger charge is -2.33. The number of aromatic nitrogens is 3. The molecule has 0 saturated heterocycles. The van der Waals surface area contributed by atoms with Crippen LogP contribution in [0.25, 0.3) is 0 Å². The number of nitrogens with zero attached hydrogens (tertiary/aromatic N) is 3. The number of hydrogen-bond donors (Lipinski definition) is 2. The second-order valence-corrected chi connectivity index (χ2v) is 8.46. The van der Waals surface area contributed by atoms with Crippen molar-refractivity contribution in [1.82, 2.24) is 14.9 Å². The molecule has 2 aromatic carbocycles. The van der Waals surface area contributed by atoms with Gasteiger partial charge in [-0.1, -0.05) is 66.7 Å². The van der Waals surface area contributed by atoms with Gasteiger partial charge in [0.15, 0.2) is 5.82 Å². The number of aryl methyl sites for hydroxylation is 3. The number of carbonyl (C=O) groups is 1. The largest absolute Gasteiger partial charge is 0.325 e. The van der Waals surface area contributed by atoms with Gasteiger partial charge in [0.25, 0.3) is 0 Å². The monoisotopic (exact) mass is 407 g/mol. The van der Waals surface area contributed by atoms with Gasteiger partial charge in [0.05, 0.1) is 6.04 Å². The van der Waals surface area contributed by atoms with Crippen LogP contribution in [0, 0.1) is 13.8 Å². The predicted octanol–water partition coefficient (Wildman–Crippen LogP) is 4.25. The lowest BCUT2D eigenvalue weighted by Crippen LogP contribution is -2.41. The summed E-state index contributed by atoms with van der Waals surface area (Å²) < 4.78 is 1.94. The molecule has 2 heterocycles. The molecule has 0 radical (unpaired) electrons. The molecule has 7 heteroatoms. The molecule has 0 bridgehead atoms. The molecular formula is C22H25N5OS. The lowest BCUT2D eigenvalue weighted by molar-refractivity contribution is -0.116. The molecule has 2 atom stereocenters. The molecule has 0 saturated carbocycles. The molecule has 0 unspecified atom stereocenters. The van der Waals surface area contributed by atoms with Gasteiger partial charge < -0.3 is 10.7 Å². The summed E-state index contributed by atoms with van der Waals surface area (Å²) >= 11 is 1.46. The first-order valence-electron chi connectivity index (χ1n) is 9.87. The summed E-state index contributed by atoms with van der Waals surface area (Å²) in [7, 11) is 0. The maximum Gasteiger partial charge on any atom is 0.240 e. The average Bonchev–Trinajstić information content (AvgIpc) is 3.12. The van der Waals surface area contributed by atoms with E-state index in [2.05, 4.69) is 33.9 Å². The van der Waals surface area contributed by atoms with Crippen molar-refractivity contribution in [2.45, 2.75) is 50.1 Å². The summed E-state index contributed by atoms with van der Waals surface area (Å²) in [5.74, 6) is 0.846. The number of carbonyl (C=O) groups excluding carboxylic acids is 1. The smallest absolute Gasteiger partial charge is 0.240 e. The van der Waals surface area contributed by atoms with E-state index < -0.39 is 0 Å². The van der Waals surface area contributed by atoms with Crippen LogP contribution in [0.3, 0.4) is 0 Å². The Morgan fingerprint density at radius 1 is 1.17 bits per heavy atom. The molecule has 2 N–H and O–H groups in total. The van der Waals surface area contributed by atoms with E-state index in [1.54, 1.807) is 0 Å². The van der Waals surface area contributed by atoms with E-state index in [-0.39, 0.29) is 17.2 Å². The standard InChI is InChI=1S/C22H25N5OS/c1-4-8-18-24-25-22-27(18)26-19(16-9-6-5-7-10-16)20(29-22)21(28)23-17-12-11-14(2)13-15(17)3/h5-7,9-13,19-20,26H,4,8H2,1-3H3,(H,23,28)/t19-,20-/m1/s1. The van der Waals surface area contributed by atoms with Crippen molar-refractivity contribution < 1.29 is 4.79 Å². The zero-order chi connectivity index (χ0) is 20.4. The molecule has 4 rings (SSSR count). The van der Waals surface area contributed by atoms with Crippen LogP contribution in [0.4, 0.5) is 5.69 Å². The Balaban J connectivity index is 1.66. The normalized spacial score (nSPS) is 18.0. The van der Waals surface area contributed by atoms with E-state index in [1.165, 1.54) is 17.3 Å². The SMILES string of the molecule is CCCc1nnc2n1N[C@H](c1ccccc1)[C@H](C(=O)Nc1ccc(C)cc1C)S2. The number of hydrogen-bond acceptors (Lipinski definition) is 5. The van der Waals surface area contributed by atoms with E-state index in [0.717, 1.165) is 40.6 Å². The number of fused-ring (bicyclic) bond motifs is 1. The highest BCUT2D eigenvalue weighted by atomic mass is 32.2. The van der Waals surface area contributed by atoms with E-state index >= 15 is 0 Å². The first kappa shape index (κ1) is 19.5. The first-order chi connectivity index (χ1) is 14.1. The molecule has 3 aromatic rings. The van der Waals surface area contributed by atoms with Crippen molar-refractivity contribution in [2.24, 2.45) is 0 Å². The van der Waals surface area contributed by atoms with E-state index in [0.29, 0.717) is 0 Å². The molecule has 1 aromatic heterocycles. The van der Waals surface area contributed by atoms with E-state index in [4.69, 9.17) is 0 Å². The summed E-state index contributed by atoms with van der Waals surface area (Å²) in [6.45, 7) is 6.18.